The highest BCUT2D eigenvalue weighted by Crippen LogP contribution is 2.30. The summed E-state index contributed by atoms with van der Waals surface area (Å²) in [5.74, 6) is -4.31. The Balaban J connectivity index is 1.54. The Labute approximate surface area is 461 Å². The van der Waals surface area contributed by atoms with Crippen molar-refractivity contribution in [3.63, 3.8) is 0 Å². The first-order valence-electron chi connectivity index (χ1n) is 28.6. The number of ketones is 1. The molecular formula is C60H96N8O9. The van der Waals surface area contributed by atoms with Gasteiger partial charge in [0.1, 0.15) is 42.3 Å². The number of allylic oxidation sites excluding steroid dienone is 1. The van der Waals surface area contributed by atoms with E-state index in [1.807, 2.05) is 84.9 Å². The Morgan fingerprint density at radius 2 is 1.04 bits per heavy atom. The maximum Gasteiger partial charge on any atom is 0.246 e. The fraction of sp³-hybridized carbons (Fsp3) is 0.717. The number of likely N-dealkylation sites (tertiary alicyclic amines) is 3. The van der Waals surface area contributed by atoms with Crippen LogP contribution in [0.1, 0.15) is 145 Å². The van der Waals surface area contributed by atoms with Crippen molar-refractivity contribution in [3.8, 4) is 0 Å². The second-order valence-corrected chi connectivity index (χ2v) is 23.7. The number of amides is 8. The van der Waals surface area contributed by atoms with Gasteiger partial charge in [-0.3, -0.25) is 43.2 Å². The molecule has 17 heteroatoms. The lowest BCUT2D eigenvalue weighted by atomic mass is 9.91. The number of carbonyl (C=O) groups is 9. The fourth-order valence-electron chi connectivity index (χ4n) is 12.3. The molecule has 0 saturated carbocycles. The standard InChI is InChI=1S/C60H96N8O9/c1-17-18-19-21-27-41(8)36-42(9)53(70)61(12)43(10)54(71)67-34-25-31-47(67)55(72)63(14)51(39(4)5)59(76)65(16)52(40(6)7)60(77)64(15)50(38(2)3)58(75)62(13)49(37-45-28-22-20-23-29-45)57(74)68-35-26-32-48(68)56(73)66-33-24-30-46(66)44(11)69/h17,20,22-23,28-29,38-43,46-52H,1,18-19,21,24-27,30-37H2,2-16H3/t41-,42+,43-,46?,47-,48-,49-,50-,51-,52-/m0/s1. The van der Waals surface area contributed by atoms with Crippen LogP contribution >= 0.6 is 0 Å². The topological polar surface area (TPSA) is 180 Å². The van der Waals surface area contributed by atoms with Crippen LogP contribution in [0.15, 0.2) is 43.0 Å². The predicted molar refractivity (Wildman–Crippen MR) is 300 cm³/mol. The maximum atomic E-state index is 15.1. The number of hydrogen-bond donors (Lipinski definition) is 0. The number of rotatable bonds is 26. The third-order valence-electron chi connectivity index (χ3n) is 16.8. The van der Waals surface area contributed by atoms with Gasteiger partial charge in [0.05, 0.1) is 6.04 Å². The van der Waals surface area contributed by atoms with Gasteiger partial charge in [0.15, 0.2) is 5.78 Å². The van der Waals surface area contributed by atoms with Gasteiger partial charge in [0.25, 0.3) is 0 Å². The van der Waals surface area contributed by atoms with Crippen LogP contribution < -0.4 is 0 Å². The second kappa shape index (κ2) is 28.8. The van der Waals surface area contributed by atoms with Crippen LogP contribution in [0.3, 0.4) is 0 Å². The molecule has 0 bridgehead atoms. The van der Waals surface area contributed by atoms with Crippen LogP contribution in [0.25, 0.3) is 0 Å². The van der Waals surface area contributed by atoms with Gasteiger partial charge in [-0.15, -0.1) is 6.58 Å². The van der Waals surface area contributed by atoms with E-state index < -0.39 is 95.6 Å². The van der Waals surface area contributed by atoms with Crippen molar-refractivity contribution >= 4 is 53.0 Å². The third kappa shape index (κ3) is 15.4. The normalized spacial score (nSPS) is 20.3. The minimum absolute atomic E-state index is 0.0862. The van der Waals surface area contributed by atoms with E-state index in [-0.39, 0.29) is 35.8 Å². The minimum atomic E-state index is -1.07. The molecule has 4 rings (SSSR count). The van der Waals surface area contributed by atoms with Gasteiger partial charge in [-0.25, -0.2) is 0 Å². The average Bonchev–Trinajstić information content (AvgIpc) is 4.21. The summed E-state index contributed by atoms with van der Waals surface area (Å²) in [6.07, 6.45) is 10.1. The molecule has 0 radical (unpaired) electrons. The molecule has 17 nitrogen and oxygen atoms in total. The number of Topliss-reactive ketones (excluding diaryl/α,β-unsaturated/α-hetero) is 1. The van der Waals surface area contributed by atoms with Crippen LogP contribution in [-0.4, -0.2) is 195 Å². The minimum Gasteiger partial charge on any atom is -0.334 e. The molecule has 0 aliphatic carbocycles. The second-order valence-electron chi connectivity index (χ2n) is 23.7. The van der Waals surface area contributed by atoms with Crippen molar-refractivity contribution in [1.29, 1.82) is 0 Å². The van der Waals surface area contributed by atoms with E-state index in [1.165, 1.54) is 31.4 Å². The van der Waals surface area contributed by atoms with Crippen molar-refractivity contribution in [2.24, 2.45) is 29.6 Å². The van der Waals surface area contributed by atoms with Crippen molar-refractivity contribution in [2.75, 3.05) is 54.9 Å². The predicted octanol–water partition coefficient (Wildman–Crippen LogP) is 6.32. The van der Waals surface area contributed by atoms with Crippen LogP contribution in [0.2, 0.25) is 0 Å². The number of nitrogens with zero attached hydrogens (tertiary/aromatic N) is 8. The molecule has 3 aliphatic rings. The number of unbranched alkanes of at least 4 members (excludes halogenated alkanes) is 2. The molecule has 1 aromatic carbocycles. The molecular weight excluding hydrogens is 977 g/mol. The van der Waals surface area contributed by atoms with Gasteiger partial charge >= 0.3 is 0 Å². The summed E-state index contributed by atoms with van der Waals surface area (Å²) >= 11 is 0. The molecule has 3 saturated heterocycles. The molecule has 0 N–H and O–H groups in total. The highest BCUT2D eigenvalue weighted by molar-refractivity contribution is 5.98. The summed E-state index contributed by atoms with van der Waals surface area (Å²) in [6, 6.07) is 2.15. The average molecular weight is 1070 g/mol. The molecule has 77 heavy (non-hydrogen) atoms. The van der Waals surface area contributed by atoms with E-state index in [0.717, 1.165) is 31.2 Å². The lowest BCUT2D eigenvalue weighted by Gasteiger charge is -2.42. The van der Waals surface area contributed by atoms with Crippen molar-refractivity contribution in [2.45, 2.75) is 195 Å². The van der Waals surface area contributed by atoms with E-state index in [2.05, 4.69) is 13.5 Å². The van der Waals surface area contributed by atoms with Gasteiger partial charge in [-0.1, -0.05) is 105 Å². The summed E-state index contributed by atoms with van der Waals surface area (Å²) in [6.45, 7) is 23.0. The van der Waals surface area contributed by atoms with Gasteiger partial charge in [-0.05, 0) is 101 Å². The van der Waals surface area contributed by atoms with Gasteiger partial charge in [0.2, 0.25) is 47.3 Å². The van der Waals surface area contributed by atoms with Crippen LogP contribution in [0, 0.1) is 29.6 Å². The lowest BCUT2D eigenvalue weighted by Crippen LogP contribution is -2.62. The Morgan fingerprint density at radius 3 is 1.55 bits per heavy atom. The molecule has 3 fully saturated rings. The summed E-state index contributed by atoms with van der Waals surface area (Å²) in [5, 5.41) is 0. The number of benzene rings is 1. The molecule has 10 atom stereocenters. The highest BCUT2D eigenvalue weighted by Gasteiger charge is 2.48. The summed E-state index contributed by atoms with van der Waals surface area (Å²) in [7, 11) is 7.84. The SMILES string of the molecule is C=CCCCC[C@H](C)C[C@@H](C)C(=O)N(C)[C@@H](C)C(=O)N1CCC[C@H]1C(=O)N(C)[C@H](C(=O)N(C)[C@H](C(=O)N(C)[C@H](C(=O)N(C)[C@@H](Cc1ccccc1)C(=O)N1CCC[C@H]1C(=O)N1CCCC1C(C)=O)C(C)C)C(C)C)C(C)C. The van der Waals surface area contributed by atoms with Crippen molar-refractivity contribution in [1.82, 2.24) is 39.2 Å². The van der Waals surface area contributed by atoms with E-state index >= 15 is 9.59 Å². The van der Waals surface area contributed by atoms with Crippen LogP contribution in [-0.2, 0) is 49.6 Å². The van der Waals surface area contributed by atoms with E-state index in [4.69, 9.17) is 0 Å². The Kier molecular flexibility index (Phi) is 23.9. The summed E-state index contributed by atoms with van der Waals surface area (Å²) in [4.78, 5) is 141. The number of hydrogen-bond acceptors (Lipinski definition) is 9. The van der Waals surface area contributed by atoms with E-state index in [1.54, 1.807) is 56.9 Å². The number of carbonyl (C=O) groups excluding carboxylic acids is 9. The summed E-state index contributed by atoms with van der Waals surface area (Å²) in [5.41, 5.74) is 0.801. The fourth-order valence-corrected chi connectivity index (χ4v) is 12.3. The summed E-state index contributed by atoms with van der Waals surface area (Å²) < 4.78 is 0. The zero-order chi connectivity index (χ0) is 57.7. The lowest BCUT2D eigenvalue weighted by molar-refractivity contribution is -0.159. The third-order valence-corrected chi connectivity index (χ3v) is 16.8. The molecule has 3 aliphatic heterocycles. The number of likely N-dealkylation sites (N-methyl/N-ethyl adjacent to an activating group) is 5. The van der Waals surface area contributed by atoms with E-state index in [9.17, 15) is 33.6 Å². The largest absolute Gasteiger partial charge is 0.334 e. The molecule has 0 aromatic heterocycles. The molecule has 3 heterocycles. The molecule has 1 aromatic rings. The molecule has 430 valence electrons. The maximum absolute atomic E-state index is 15.1. The van der Waals surface area contributed by atoms with Gasteiger partial charge < -0.3 is 39.2 Å². The first-order chi connectivity index (χ1) is 36.2. The Morgan fingerprint density at radius 1 is 0.571 bits per heavy atom. The molecule has 0 spiro atoms. The molecule has 1 unspecified atom stereocenters. The van der Waals surface area contributed by atoms with Crippen LogP contribution in [0.4, 0.5) is 0 Å². The van der Waals surface area contributed by atoms with Gasteiger partial charge in [0, 0.05) is 67.2 Å². The van der Waals surface area contributed by atoms with Gasteiger partial charge in [-0.2, -0.15) is 0 Å². The van der Waals surface area contributed by atoms with Crippen molar-refractivity contribution < 1.29 is 43.2 Å². The smallest absolute Gasteiger partial charge is 0.246 e. The van der Waals surface area contributed by atoms with Crippen LogP contribution in [0.5, 0.6) is 0 Å². The highest BCUT2D eigenvalue weighted by atomic mass is 16.2. The monoisotopic (exact) mass is 1070 g/mol. The quantitative estimate of drug-likeness (QED) is 0.0758. The molecule has 8 amide bonds. The zero-order valence-electron chi connectivity index (χ0n) is 49.5. The Bertz CT molecular complexity index is 2240. The van der Waals surface area contributed by atoms with E-state index in [0.29, 0.717) is 70.5 Å². The zero-order valence-corrected chi connectivity index (χ0v) is 49.5. The first-order valence-corrected chi connectivity index (χ1v) is 28.6. The Hall–Kier alpha value is -5.61. The van der Waals surface area contributed by atoms with Crippen molar-refractivity contribution in [3.05, 3.63) is 48.6 Å². The first kappa shape index (κ1) is 63.9.